The maximum absolute atomic E-state index is 5.87. The molecule has 1 unspecified atom stereocenters. The molecule has 0 amide bonds. The van der Waals surface area contributed by atoms with Crippen LogP contribution in [0.25, 0.3) is 0 Å². The van der Waals surface area contributed by atoms with E-state index in [0.29, 0.717) is 5.92 Å². The van der Waals surface area contributed by atoms with Crippen molar-refractivity contribution >= 4 is 0 Å². The van der Waals surface area contributed by atoms with Crippen LogP contribution in [0.3, 0.4) is 0 Å². The lowest BCUT2D eigenvalue weighted by Gasteiger charge is -2.31. The Morgan fingerprint density at radius 1 is 1.26 bits per heavy atom. The molecule has 1 atom stereocenters. The Morgan fingerprint density at radius 2 is 2.00 bits per heavy atom. The van der Waals surface area contributed by atoms with Crippen LogP contribution in [0.15, 0.2) is 18.2 Å². The third-order valence-corrected chi connectivity index (χ3v) is 3.81. The third kappa shape index (κ3) is 4.51. The lowest BCUT2D eigenvalue weighted by atomic mass is 9.98. The Balaban J connectivity index is 1.76. The van der Waals surface area contributed by atoms with Crippen molar-refractivity contribution < 1.29 is 4.74 Å². The molecule has 2 N–H and O–H groups in total. The summed E-state index contributed by atoms with van der Waals surface area (Å²) >= 11 is 0. The molecule has 1 aliphatic heterocycles. The summed E-state index contributed by atoms with van der Waals surface area (Å²) in [4.78, 5) is 2.48. The molecule has 1 heterocycles. The number of rotatable bonds is 5. The minimum Gasteiger partial charge on any atom is -0.492 e. The molecule has 1 saturated heterocycles. The van der Waals surface area contributed by atoms with Gasteiger partial charge in [0.15, 0.2) is 0 Å². The molecular weight excluding hydrogens is 236 g/mol. The van der Waals surface area contributed by atoms with Crippen LogP contribution < -0.4 is 10.5 Å². The summed E-state index contributed by atoms with van der Waals surface area (Å²) in [5, 5.41) is 0. The molecule has 3 heteroatoms. The van der Waals surface area contributed by atoms with E-state index in [1.165, 1.54) is 30.5 Å². The Hall–Kier alpha value is -1.06. The minimum atomic E-state index is 0.676. The molecule has 0 spiro atoms. The lowest BCUT2D eigenvalue weighted by molar-refractivity contribution is 0.149. The standard InChI is InChI=1S/C16H26N2O/c1-13-8-14(2)10-16(9-13)19-7-6-18-5-3-4-15(11-17)12-18/h8-10,15H,3-7,11-12,17H2,1-2H3. The molecule has 2 rings (SSSR count). The Kier molecular flexibility index (Phi) is 5.23. The Labute approximate surface area is 116 Å². The molecule has 0 aliphatic carbocycles. The molecule has 0 aromatic heterocycles. The molecule has 1 fully saturated rings. The van der Waals surface area contributed by atoms with Gasteiger partial charge >= 0.3 is 0 Å². The number of benzene rings is 1. The van der Waals surface area contributed by atoms with E-state index in [1.807, 2.05) is 0 Å². The summed E-state index contributed by atoms with van der Waals surface area (Å²) in [6.45, 7) is 9.12. The minimum absolute atomic E-state index is 0.676. The van der Waals surface area contributed by atoms with Gasteiger partial charge in [0.2, 0.25) is 0 Å². The van der Waals surface area contributed by atoms with Gasteiger partial charge in [-0.05, 0) is 69.0 Å². The van der Waals surface area contributed by atoms with Crippen LogP contribution in [-0.2, 0) is 0 Å². The number of hydrogen-bond acceptors (Lipinski definition) is 3. The highest BCUT2D eigenvalue weighted by Crippen LogP contribution is 2.17. The van der Waals surface area contributed by atoms with Crippen LogP contribution >= 0.6 is 0 Å². The first-order valence-corrected chi connectivity index (χ1v) is 7.31. The van der Waals surface area contributed by atoms with Gasteiger partial charge in [0.05, 0.1) is 0 Å². The van der Waals surface area contributed by atoms with Gasteiger partial charge in [-0.15, -0.1) is 0 Å². The molecule has 0 bridgehead atoms. The van der Waals surface area contributed by atoms with E-state index < -0.39 is 0 Å². The van der Waals surface area contributed by atoms with E-state index in [0.717, 1.165) is 32.0 Å². The largest absolute Gasteiger partial charge is 0.492 e. The van der Waals surface area contributed by atoms with Crippen LogP contribution in [0, 0.1) is 19.8 Å². The fraction of sp³-hybridized carbons (Fsp3) is 0.625. The summed E-state index contributed by atoms with van der Waals surface area (Å²) in [5.41, 5.74) is 8.28. The van der Waals surface area contributed by atoms with Gasteiger partial charge in [-0.3, -0.25) is 4.90 Å². The average molecular weight is 262 g/mol. The summed E-state index contributed by atoms with van der Waals surface area (Å²) in [6, 6.07) is 6.38. The predicted molar refractivity (Wildman–Crippen MR) is 79.6 cm³/mol. The second kappa shape index (κ2) is 6.92. The highest BCUT2D eigenvalue weighted by Gasteiger charge is 2.18. The maximum Gasteiger partial charge on any atom is 0.119 e. The summed E-state index contributed by atoms with van der Waals surface area (Å²) in [5.74, 6) is 1.67. The Morgan fingerprint density at radius 3 is 2.68 bits per heavy atom. The molecule has 3 nitrogen and oxygen atoms in total. The number of aryl methyl sites for hydroxylation is 2. The first-order chi connectivity index (χ1) is 9.17. The van der Waals surface area contributed by atoms with Gasteiger partial charge in [0, 0.05) is 13.1 Å². The normalized spacial score (nSPS) is 20.5. The van der Waals surface area contributed by atoms with Gasteiger partial charge < -0.3 is 10.5 Å². The van der Waals surface area contributed by atoms with Gasteiger partial charge in [-0.2, -0.15) is 0 Å². The number of nitrogens with two attached hydrogens (primary N) is 1. The van der Waals surface area contributed by atoms with Crippen molar-refractivity contribution in [2.75, 3.05) is 32.8 Å². The van der Waals surface area contributed by atoms with Crippen molar-refractivity contribution in [1.29, 1.82) is 0 Å². The quantitative estimate of drug-likeness (QED) is 0.885. The number of likely N-dealkylation sites (tertiary alicyclic amines) is 1. The van der Waals surface area contributed by atoms with Crippen LogP contribution in [0.4, 0.5) is 0 Å². The van der Waals surface area contributed by atoms with Crippen LogP contribution in [0.2, 0.25) is 0 Å². The Bertz CT molecular complexity index is 385. The summed E-state index contributed by atoms with van der Waals surface area (Å²) in [6.07, 6.45) is 2.55. The smallest absolute Gasteiger partial charge is 0.119 e. The maximum atomic E-state index is 5.87. The second-order valence-corrected chi connectivity index (χ2v) is 5.72. The second-order valence-electron chi connectivity index (χ2n) is 5.72. The van der Waals surface area contributed by atoms with Gasteiger partial charge in [-0.1, -0.05) is 6.07 Å². The highest BCUT2D eigenvalue weighted by molar-refractivity contribution is 5.32. The molecule has 106 valence electrons. The number of ether oxygens (including phenoxy) is 1. The molecule has 1 aromatic rings. The monoisotopic (exact) mass is 262 g/mol. The zero-order valence-electron chi connectivity index (χ0n) is 12.2. The van der Waals surface area contributed by atoms with Crippen molar-refractivity contribution in [3.63, 3.8) is 0 Å². The average Bonchev–Trinajstić information content (AvgIpc) is 2.38. The summed E-state index contributed by atoms with van der Waals surface area (Å²) < 4.78 is 5.87. The summed E-state index contributed by atoms with van der Waals surface area (Å²) in [7, 11) is 0. The van der Waals surface area contributed by atoms with Crippen molar-refractivity contribution in [2.45, 2.75) is 26.7 Å². The first kappa shape index (κ1) is 14.4. The van der Waals surface area contributed by atoms with Crippen molar-refractivity contribution in [3.05, 3.63) is 29.3 Å². The molecule has 1 aromatic carbocycles. The van der Waals surface area contributed by atoms with Gasteiger partial charge in [0.25, 0.3) is 0 Å². The van der Waals surface area contributed by atoms with E-state index in [4.69, 9.17) is 10.5 Å². The molecule has 0 saturated carbocycles. The van der Waals surface area contributed by atoms with E-state index >= 15 is 0 Å². The van der Waals surface area contributed by atoms with Crippen molar-refractivity contribution in [3.8, 4) is 5.75 Å². The zero-order valence-corrected chi connectivity index (χ0v) is 12.2. The third-order valence-electron chi connectivity index (χ3n) is 3.81. The lowest BCUT2D eigenvalue weighted by Crippen LogP contribution is -2.40. The van der Waals surface area contributed by atoms with Crippen LogP contribution in [-0.4, -0.2) is 37.7 Å². The molecule has 0 radical (unpaired) electrons. The van der Waals surface area contributed by atoms with Gasteiger partial charge in [-0.25, -0.2) is 0 Å². The topological polar surface area (TPSA) is 38.5 Å². The predicted octanol–water partition coefficient (Wildman–Crippen LogP) is 2.35. The molecular formula is C16H26N2O. The van der Waals surface area contributed by atoms with E-state index in [1.54, 1.807) is 0 Å². The molecule has 19 heavy (non-hydrogen) atoms. The highest BCUT2D eigenvalue weighted by atomic mass is 16.5. The van der Waals surface area contributed by atoms with E-state index in [2.05, 4.69) is 36.9 Å². The molecule has 1 aliphatic rings. The van der Waals surface area contributed by atoms with Gasteiger partial charge in [0.1, 0.15) is 12.4 Å². The van der Waals surface area contributed by atoms with E-state index in [9.17, 15) is 0 Å². The van der Waals surface area contributed by atoms with Crippen molar-refractivity contribution in [1.82, 2.24) is 4.90 Å². The SMILES string of the molecule is Cc1cc(C)cc(OCCN2CCCC(CN)C2)c1. The zero-order chi connectivity index (χ0) is 13.7. The van der Waals surface area contributed by atoms with Crippen LogP contribution in [0.1, 0.15) is 24.0 Å². The first-order valence-electron chi connectivity index (χ1n) is 7.31. The fourth-order valence-corrected chi connectivity index (χ4v) is 2.86. The van der Waals surface area contributed by atoms with Crippen molar-refractivity contribution in [2.24, 2.45) is 11.7 Å². The van der Waals surface area contributed by atoms with Crippen LogP contribution in [0.5, 0.6) is 5.75 Å². The fourth-order valence-electron chi connectivity index (χ4n) is 2.86. The number of hydrogen-bond donors (Lipinski definition) is 1. The number of nitrogens with zero attached hydrogens (tertiary/aromatic N) is 1. The van der Waals surface area contributed by atoms with E-state index in [-0.39, 0.29) is 0 Å². The number of piperidine rings is 1.